The average molecular weight is 263 g/mol. The van der Waals surface area contributed by atoms with Crippen molar-refractivity contribution in [3.8, 4) is 11.8 Å². The van der Waals surface area contributed by atoms with E-state index in [9.17, 15) is 4.79 Å². The van der Waals surface area contributed by atoms with Crippen LogP contribution in [0.4, 0.5) is 0 Å². The maximum Gasteiger partial charge on any atom is 0.246 e. The van der Waals surface area contributed by atoms with Crippen molar-refractivity contribution in [2.45, 2.75) is 19.3 Å². The molecule has 6 heteroatoms. The summed E-state index contributed by atoms with van der Waals surface area (Å²) in [5.74, 6) is 5.25. The minimum atomic E-state index is -0.167. The molecule has 0 fully saturated rings. The smallest absolute Gasteiger partial charge is 0.246 e. The lowest BCUT2D eigenvalue weighted by Crippen LogP contribution is -2.28. The number of nitrogens with one attached hydrogen (secondary N) is 1. The molecule has 0 rings (SSSR count). The van der Waals surface area contributed by atoms with Crippen molar-refractivity contribution in [2.24, 2.45) is 0 Å². The monoisotopic (exact) mass is 263 g/mol. The maximum absolute atomic E-state index is 11.1. The molecule has 0 saturated carbocycles. The molecule has 0 aromatic rings. The first kappa shape index (κ1) is 15.7. The van der Waals surface area contributed by atoms with Crippen molar-refractivity contribution in [2.75, 3.05) is 26.4 Å². The summed E-state index contributed by atoms with van der Waals surface area (Å²) in [6, 6.07) is 0. The van der Waals surface area contributed by atoms with Gasteiger partial charge in [0.05, 0.1) is 19.8 Å². The van der Waals surface area contributed by atoms with Crippen molar-refractivity contribution >= 4 is 28.4 Å². The molecule has 16 heavy (non-hydrogen) atoms. The van der Waals surface area contributed by atoms with Gasteiger partial charge in [0, 0.05) is 0 Å². The molecule has 0 spiro atoms. The lowest BCUT2D eigenvalue weighted by molar-refractivity contribution is -0.126. The van der Waals surface area contributed by atoms with Crippen LogP contribution in [0.3, 0.4) is 0 Å². The zero-order valence-electron chi connectivity index (χ0n) is 9.49. The van der Waals surface area contributed by atoms with Crippen LogP contribution in [-0.4, -0.2) is 37.7 Å². The van der Waals surface area contributed by atoms with Crippen LogP contribution in [0.1, 0.15) is 13.8 Å². The lowest BCUT2D eigenvalue weighted by Gasteiger charge is -2.09. The number of carbonyl (C=O) groups is 1. The van der Waals surface area contributed by atoms with Gasteiger partial charge in [-0.15, -0.1) is 17.6 Å². The predicted molar refractivity (Wildman–Crippen MR) is 69.3 cm³/mol. The first-order chi connectivity index (χ1) is 7.70. The Bertz CT molecular complexity index is 250. The molecule has 92 valence electrons. The Hall–Kier alpha value is -0.350. The first-order valence-corrected chi connectivity index (χ1v) is 6.79. The normalized spacial score (nSPS) is 11.4. The van der Waals surface area contributed by atoms with Gasteiger partial charge in [-0.2, -0.15) is 0 Å². The van der Waals surface area contributed by atoms with E-state index < -0.39 is 0 Å². The van der Waals surface area contributed by atoms with E-state index in [4.69, 9.17) is 9.47 Å². The number of hydrogen-bond donors (Lipinski definition) is 2. The van der Waals surface area contributed by atoms with E-state index in [0.29, 0.717) is 19.8 Å². The third kappa shape index (κ3) is 10.2. The van der Waals surface area contributed by atoms with E-state index >= 15 is 0 Å². The highest BCUT2D eigenvalue weighted by atomic mass is 33.1. The molecular weight excluding hydrogens is 246 g/mol. The summed E-state index contributed by atoms with van der Waals surface area (Å²) >= 11 is 3.99. The zero-order valence-corrected chi connectivity index (χ0v) is 11.2. The molecule has 0 saturated heterocycles. The van der Waals surface area contributed by atoms with Gasteiger partial charge in [0.25, 0.3) is 0 Å². The van der Waals surface area contributed by atoms with Crippen molar-refractivity contribution in [1.82, 2.24) is 5.32 Å². The molecule has 0 aliphatic heterocycles. The molecule has 0 radical (unpaired) electrons. The molecule has 4 nitrogen and oxygen atoms in total. The molecular formula is C10H17NO3S2. The molecule has 0 aromatic heterocycles. The summed E-state index contributed by atoms with van der Waals surface area (Å²) in [4.78, 5) is 11.1. The van der Waals surface area contributed by atoms with Crippen LogP contribution in [0.25, 0.3) is 0 Å². The van der Waals surface area contributed by atoms with Crippen molar-refractivity contribution < 1.29 is 14.3 Å². The molecule has 1 N–H and O–H groups in total. The number of rotatable bonds is 8. The minimum absolute atomic E-state index is 0.0283. The van der Waals surface area contributed by atoms with Gasteiger partial charge in [-0.05, 0) is 13.8 Å². The number of amides is 1. The first-order valence-electron chi connectivity index (χ1n) is 4.86. The molecule has 0 aromatic carbocycles. The standard InChI is InChI=1S/C10H17NO3S2/c1-3-4-5-11-10(12)8-13-6-7-14-9(2)16-15/h9,15H,5-8H2,1-2H3,(H,11,12). The summed E-state index contributed by atoms with van der Waals surface area (Å²) in [6.07, 6.45) is 0. The molecule has 1 atom stereocenters. The van der Waals surface area contributed by atoms with E-state index in [1.807, 2.05) is 6.92 Å². The van der Waals surface area contributed by atoms with Crippen molar-refractivity contribution in [3.63, 3.8) is 0 Å². The fourth-order valence-corrected chi connectivity index (χ4v) is 1.09. The second-order valence-electron chi connectivity index (χ2n) is 2.80. The second kappa shape index (κ2) is 11.1. The minimum Gasteiger partial charge on any atom is -0.369 e. The summed E-state index contributed by atoms with van der Waals surface area (Å²) in [5.41, 5.74) is 0.0283. The van der Waals surface area contributed by atoms with Crippen LogP contribution in [-0.2, 0) is 14.3 Å². The third-order valence-electron chi connectivity index (χ3n) is 1.51. The lowest BCUT2D eigenvalue weighted by atomic mass is 10.5. The number of ether oxygens (including phenoxy) is 2. The SMILES string of the molecule is CC#CCNC(=O)COCCOC(C)SS. The van der Waals surface area contributed by atoms with E-state index in [-0.39, 0.29) is 18.0 Å². The average Bonchev–Trinajstić information content (AvgIpc) is 2.28. The van der Waals surface area contributed by atoms with Gasteiger partial charge in [-0.1, -0.05) is 16.7 Å². The Labute approximate surface area is 106 Å². The summed E-state index contributed by atoms with van der Waals surface area (Å²) < 4.78 is 10.4. The molecule has 1 unspecified atom stereocenters. The van der Waals surface area contributed by atoms with Crippen LogP contribution in [0.2, 0.25) is 0 Å². The van der Waals surface area contributed by atoms with Crippen molar-refractivity contribution in [3.05, 3.63) is 0 Å². The predicted octanol–water partition coefficient (Wildman–Crippen LogP) is 1.08. The van der Waals surface area contributed by atoms with E-state index in [2.05, 4.69) is 28.8 Å². The molecule has 1 amide bonds. The highest BCUT2D eigenvalue weighted by Crippen LogP contribution is 2.14. The fraction of sp³-hybridized carbons (Fsp3) is 0.700. The van der Waals surface area contributed by atoms with E-state index in [1.165, 1.54) is 10.8 Å². The van der Waals surface area contributed by atoms with E-state index in [0.717, 1.165) is 0 Å². The van der Waals surface area contributed by atoms with Gasteiger partial charge in [-0.3, -0.25) is 4.79 Å². The van der Waals surface area contributed by atoms with Crippen molar-refractivity contribution in [1.29, 1.82) is 0 Å². The van der Waals surface area contributed by atoms with Crippen LogP contribution >= 0.6 is 22.5 Å². The Kier molecular flexibility index (Phi) is 10.9. The summed E-state index contributed by atoms with van der Waals surface area (Å²) in [5, 5.41) is 2.60. The highest BCUT2D eigenvalue weighted by Gasteiger charge is 2.01. The van der Waals surface area contributed by atoms with Gasteiger partial charge in [0.2, 0.25) is 5.91 Å². The molecule has 0 aliphatic carbocycles. The molecule has 0 heterocycles. The highest BCUT2D eigenvalue weighted by molar-refractivity contribution is 8.68. The zero-order chi connectivity index (χ0) is 12.2. The largest absolute Gasteiger partial charge is 0.369 e. The quantitative estimate of drug-likeness (QED) is 0.226. The van der Waals surface area contributed by atoms with Crippen LogP contribution in [0.15, 0.2) is 0 Å². The Morgan fingerprint density at radius 1 is 1.56 bits per heavy atom. The second-order valence-corrected chi connectivity index (χ2v) is 4.31. The summed E-state index contributed by atoms with van der Waals surface area (Å²) in [6.45, 7) is 4.87. The fourth-order valence-electron chi connectivity index (χ4n) is 0.750. The van der Waals surface area contributed by atoms with Gasteiger partial charge >= 0.3 is 0 Å². The number of thiol groups is 1. The van der Waals surface area contributed by atoms with Crippen LogP contribution in [0.5, 0.6) is 0 Å². The van der Waals surface area contributed by atoms with Gasteiger partial charge in [0.1, 0.15) is 12.0 Å². The van der Waals surface area contributed by atoms with Gasteiger partial charge in [-0.25, -0.2) is 0 Å². The Morgan fingerprint density at radius 3 is 2.94 bits per heavy atom. The Balaban J connectivity index is 3.30. The van der Waals surface area contributed by atoms with Crippen LogP contribution in [0, 0.1) is 11.8 Å². The van der Waals surface area contributed by atoms with Gasteiger partial charge in [0.15, 0.2) is 0 Å². The van der Waals surface area contributed by atoms with Crippen LogP contribution < -0.4 is 5.32 Å². The third-order valence-corrected chi connectivity index (χ3v) is 2.84. The van der Waals surface area contributed by atoms with E-state index in [1.54, 1.807) is 6.92 Å². The maximum atomic E-state index is 11.1. The Morgan fingerprint density at radius 2 is 2.31 bits per heavy atom. The molecule has 0 aliphatic rings. The number of hydrogen-bond acceptors (Lipinski definition) is 5. The van der Waals surface area contributed by atoms with Gasteiger partial charge < -0.3 is 14.8 Å². The number of carbonyl (C=O) groups excluding carboxylic acids is 1. The molecule has 0 bridgehead atoms. The summed E-state index contributed by atoms with van der Waals surface area (Å²) in [7, 11) is 1.32. The topological polar surface area (TPSA) is 47.6 Å².